The van der Waals surface area contributed by atoms with E-state index in [4.69, 9.17) is 18.9 Å². The van der Waals surface area contributed by atoms with Crippen molar-refractivity contribution in [3.8, 4) is 0 Å². The van der Waals surface area contributed by atoms with Gasteiger partial charge in [0, 0.05) is 13.0 Å². The molecule has 9 heteroatoms. The molecular weight excluding hydrogens is 757 g/mol. The number of esters is 1. The van der Waals surface area contributed by atoms with Crippen LogP contribution in [0, 0.1) is 0 Å². The predicted octanol–water partition coefficient (Wildman–Crippen LogP) is 12.4. The molecule has 1 aliphatic rings. The van der Waals surface area contributed by atoms with E-state index < -0.39 is 43.4 Å². The van der Waals surface area contributed by atoms with Gasteiger partial charge in [-0.1, -0.05) is 212 Å². The molecule has 1 rings (SSSR count). The molecule has 0 bridgehead atoms. The summed E-state index contributed by atoms with van der Waals surface area (Å²) in [6, 6.07) is 0. The van der Waals surface area contributed by atoms with Crippen LogP contribution in [0.3, 0.4) is 0 Å². The Balaban J connectivity index is 2.17. The van der Waals surface area contributed by atoms with Gasteiger partial charge in [0.25, 0.3) is 0 Å². The molecule has 356 valence electrons. The monoisotopic (exact) mass is 855 g/mol. The molecule has 0 aromatic rings. The zero-order chi connectivity index (χ0) is 43.6. The fourth-order valence-electron chi connectivity index (χ4n) is 8.14. The zero-order valence-electron chi connectivity index (χ0n) is 39.2. The van der Waals surface area contributed by atoms with Crippen LogP contribution in [0.15, 0.2) is 12.2 Å². The summed E-state index contributed by atoms with van der Waals surface area (Å²) >= 11 is 0. The molecule has 0 amide bonds. The van der Waals surface area contributed by atoms with Crippen LogP contribution in [0.1, 0.15) is 245 Å². The van der Waals surface area contributed by atoms with E-state index in [0.29, 0.717) is 13.0 Å². The molecule has 6 unspecified atom stereocenters. The average molecular weight is 855 g/mol. The molecule has 6 atom stereocenters. The summed E-state index contributed by atoms with van der Waals surface area (Å²) in [4.78, 5) is 12.8. The fourth-order valence-corrected chi connectivity index (χ4v) is 8.14. The minimum absolute atomic E-state index is 0.111. The minimum Gasteiger partial charge on any atom is -0.457 e. The maximum atomic E-state index is 12.8. The summed E-state index contributed by atoms with van der Waals surface area (Å²) in [6.45, 7) is 4.59. The topological polar surface area (TPSA) is 135 Å². The van der Waals surface area contributed by atoms with Crippen LogP contribution in [0.4, 0.5) is 0 Å². The van der Waals surface area contributed by atoms with E-state index in [9.17, 15) is 25.2 Å². The molecule has 1 saturated heterocycles. The SMILES string of the molecule is CCCCCCCC/C=C\CCCCCCCC(=O)OC(COCCCCCCCCCCCCCCCCCCCCCCCC)COC1OC(CO)C(O)C(O)C1O. The summed E-state index contributed by atoms with van der Waals surface area (Å²) in [7, 11) is 0. The van der Waals surface area contributed by atoms with Gasteiger partial charge in [0.1, 0.15) is 30.5 Å². The largest absolute Gasteiger partial charge is 0.457 e. The van der Waals surface area contributed by atoms with Gasteiger partial charge < -0.3 is 39.4 Å². The van der Waals surface area contributed by atoms with Gasteiger partial charge in [0.05, 0.1) is 19.8 Å². The van der Waals surface area contributed by atoms with Crippen LogP contribution in [0.25, 0.3) is 0 Å². The highest BCUT2D eigenvalue weighted by molar-refractivity contribution is 5.69. The fraction of sp³-hybridized carbons (Fsp3) is 0.941. The van der Waals surface area contributed by atoms with Crippen molar-refractivity contribution in [1.29, 1.82) is 0 Å². The second-order valence-corrected chi connectivity index (χ2v) is 18.0. The van der Waals surface area contributed by atoms with E-state index in [1.54, 1.807) is 0 Å². The average Bonchev–Trinajstić information content (AvgIpc) is 3.25. The summed E-state index contributed by atoms with van der Waals surface area (Å²) in [6.07, 6.45) is 42.5. The molecule has 0 spiro atoms. The third-order valence-corrected chi connectivity index (χ3v) is 12.2. The van der Waals surface area contributed by atoms with Crippen LogP contribution in [0.5, 0.6) is 0 Å². The quantitative estimate of drug-likeness (QED) is 0.0268. The van der Waals surface area contributed by atoms with Crippen LogP contribution < -0.4 is 0 Å². The van der Waals surface area contributed by atoms with Gasteiger partial charge in [-0.25, -0.2) is 0 Å². The summed E-state index contributed by atoms with van der Waals surface area (Å²) in [5, 5.41) is 40.2. The molecule has 0 radical (unpaired) electrons. The van der Waals surface area contributed by atoms with Crippen molar-refractivity contribution in [2.24, 2.45) is 0 Å². The summed E-state index contributed by atoms with van der Waals surface area (Å²) in [5.41, 5.74) is 0. The Bertz CT molecular complexity index is 930. The maximum Gasteiger partial charge on any atom is 0.306 e. The Morgan fingerprint density at radius 2 is 0.917 bits per heavy atom. The first kappa shape index (κ1) is 56.9. The molecular formula is C51H98O9. The highest BCUT2D eigenvalue weighted by atomic mass is 16.7. The number of allylic oxidation sites excluding steroid dienone is 2. The van der Waals surface area contributed by atoms with Crippen molar-refractivity contribution in [3.63, 3.8) is 0 Å². The Morgan fingerprint density at radius 1 is 0.517 bits per heavy atom. The van der Waals surface area contributed by atoms with E-state index in [0.717, 1.165) is 44.9 Å². The van der Waals surface area contributed by atoms with Gasteiger partial charge in [-0.3, -0.25) is 4.79 Å². The second kappa shape index (κ2) is 43.2. The van der Waals surface area contributed by atoms with E-state index in [-0.39, 0.29) is 19.2 Å². The highest BCUT2D eigenvalue weighted by Crippen LogP contribution is 2.23. The van der Waals surface area contributed by atoms with Crippen molar-refractivity contribution in [2.75, 3.05) is 26.4 Å². The first-order chi connectivity index (χ1) is 29.4. The molecule has 60 heavy (non-hydrogen) atoms. The lowest BCUT2D eigenvalue weighted by molar-refractivity contribution is -0.305. The minimum atomic E-state index is -1.53. The molecule has 0 aromatic carbocycles. The third-order valence-electron chi connectivity index (χ3n) is 12.2. The number of carbonyl (C=O) groups is 1. The molecule has 1 heterocycles. The van der Waals surface area contributed by atoms with Gasteiger partial charge >= 0.3 is 5.97 Å². The molecule has 1 fully saturated rings. The standard InChI is InChI=1S/C51H98O9/c1-3-5-7-9-11-13-15-17-19-20-21-22-23-24-25-27-29-31-33-35-37-39-41-57-43-45(44-58-51-50(56)49(55)48(54)46(42-52)60-51)59-47(53)40-38-36-34-32-30-28-26-18-16-14-12-10-8-6-4-2/h18,26,45-46,48-52,54-56H,3-17,19-25,27-44H2,1-2H3/b26-18-. The number of aliphatic hydroxyl groups excluding tert-OH is 4. The van der Waals surface area contributed by atoms with Crippen molar-refractivity contribution >= 4 is 5.97 Å². The Morgan fingerprint density at radius 3 is 1.35 bits per heavy atom. The van der Waals surface area contributed by atoms with Gasteiger partial charge in [0.2, 0.25) is 0 Å². The van der Waals surface area contributed by atoms with Crippen LogP contribution in [-0.2, 0) is 23.7 Å². The lowest BCUT2D eigenvalue weighted by atomic mass is 9.99. The molecule has 1 aliphatic heterocycles. The van der Waals surface area contributed by atoms with E-state index in [2.05, 4.69) is 26.0 Å². The first-order valence-corrected chi connectivity index (χ1v) is 25.8. The van der Waals surface area contributed by atoms with E-state index >= 15 is 0 Å². The van der Waals surface area contributed by atoms with Crippen LogP contribution >= 0.6 is 0 Å². The lowest BCUT2D eigenvalue weighted by Crippen LogP contribution is -2.59. The van der Waals surface area contributed by atoms with Crippen molar-refractivity contribution in [1.82, 2.24) is 0 Å². The Labute approximate surface area is 369 Å². The van der Waals surface area contributed by atoms with Crippen molar-refractivity contribution in [3.05, 3.63) is 12.2 Å². The van der Waals surface area contributed by atoms with Gasteiger partial charge in [-0.05, 0) is 38.5 Å². The summed E-state index contributed by atoms with van der Waals surface area (Å²) in [5.74, 6) is -0.317. The summed E-state index contributed by atoms with van der Waals surface area (Å²) < 4.78 is 22.9. The lowest BCUT2D eigenvalue weighted by Gasteiger charge is -2.39. The van der Waals surface area contributed by atoms with Gasteiger partial charge in [-0.15, -0.1) is 0 Å². The number of rotatable bonds is 45. The van der Waals surface area contributed by atoms with E-state index in [1.807, 2.05) is 0 Å². The maximum absolute atomic E-state index is 12.8. The zero-order valence-corrected chi connectivity index (χ0v) is 39.2. The van der Waals surface area contributed by atoms with Gasteiger partial charge in [-0.2, -0.15) is 0 Å². The predicted molar refractivity (Wildman–Crippen MR) is 247 cm³/mol. The van der Waals surface area contributed by atoms with Crippen LogP contribution in [0.2, 0.25) is 0 Å². The third kappa shape index (κ3) is 33.5. The van der Waals surface area contributed by atoms with Crippen molar-refractivity contribution in [2.45, 2.75) is 282 Å². The smallest absolute Gasteiger partial charge is 0.306 e. The number of aliphatic hydroxyl groups is 4. The number of ether oxygens (including phenoxy) is 4. The number of hydrogen-bond donors (Lipinski definition) is 4. The highest BCUT2D eigenvalue weighted by Gasteiger charge is 2.44. The number of carbonyl (C=O) groups excluding carboxylic acids is 1. The molecule has 4 N–H and O–H groups in total. The van der Waals surface area contributed by atoms with E-state index in [1.165, 1.54) is 180 Å². The Hall–Kier alpha value is -1.07. The molecule has 0 aromatic heterocycles. The molecule has 0 aliphatic carbocycles. The normalized spacial score (nSPS) is 20.0. The van der Waals surface area contributed by atoms with Crippen molar-refractivity contribution < 1.29 is 44.2 Å². The Kier molecular flexibility index (Phi) is 41.0. The number of unbranched alkanes of at least 4 members (excludes halogenated alkanes) is 32. The molecule has 0 saturated carbocycles. The molecule has 9 nitrogen and oxygen atoms in total. The second-order valence-electron chi connectivity index (χ2n) is 18.0. The van der Waals surface area contributed by atoms with Crippen LogP contribution in [-0.4, -0.2) is 89.6 Å². The first-order valence-electron chi connectivity index (χ1n) is 25.8. The number of hydrogen-bond acceptors (Lipinski definition) is 9. The van der Waals surface area contributed by atoms with Gasteiger partial charge in [0.15, 0.2) is 6.29 Å².